The number of aromatic nitrogens is 1. The Morgan fingerprint density at radius 1 is 1.70 bits per heavy atom. The van der Waals surface area contributed by atoms with Crippen molar-refractivity contribution >= 4 is 27.5 Å². The standard InChI is InChI=1S/C6H9BrN2S/c1-4-6(7)5(2-3-8)10-9-4/h2-3,8H2,1H3. The molecule has 10 heavy (non-hydrogen) atoms. The van der Waals surface area contributed by atoms with Crippen molar-refractivity contribution in [2.24, 2.45) is 5.73 Å². The number of rotatable bonds is 2. The summed E-state index contributed by atoms with van der Waals surface area (Å²) in [6.45, 7) is 2.68. The SMILES string of the molecule is Cc1nsc(CCN)c1Br. The topological polar surface area (TPSA) is 38.9 Å². The van der Waals surface area contributed by atoms with Gasteiger partial charge >= 0.3 is 0 Å². The molecule has 4 heteroatoms. The highest BCUT2D eigenvalue weighted by Crippen LogP contribution is 2.24. The second kappa shape index (κ2) is 3.46. The summed E-state index contributed by atoms with van der Waals surface area (Å²) >= 11 is 4.97. The summed E-state index contributed by atoms with van der Waals surface area (Å²) in [4.78, 5) is 1.25. The van der Waals surface area contributed by atoms with Gasteiger partial charge in [0.2, 0.25) is 0 Å². The molecule has 0 fully saturated rings. The van der Waals surface area contributed by atoms with Crippen molar-refractivity contribution in [3.63, 3.8) is 0 Å². The summed E-state index contributed by atoms with van der Waals surface area (Å²) in [5, 5.41) is 0. The molecule has 0 aliphatic carbocycles. The Morgan fingerprint density at radius 2 is 2.40 bits per heavy atom. The molecule has 2 nitrogen and oxygen atoms in total. The van der Waals surface area contributed by atoms with Gasteiger partial charge in [-0.2, -0.15) is 4.37 Å². The van der Waals surface area contributed by atoms with Crippen LogP contribution >= 0.6 is 27.5 Å². The van der Waals surface area contributed by atoms with Crippen molar-refractivity contribution in [1.29, 1.82) is 0 Å². The van der Waals surface area contributed by atoms with Crippen molar-refractivity contribution in [3.05, 3.63) is 15.0 Å². The van der Waals surface area contributed by atoms with Gasteiger partial charge in [-0.25, -0.2) is 0 Å². The second-order valence-corrected chi connectivity index (χ2v) is 3.69. The van der Waals surface area contributed by atoms with E-state index < -0.39 is 0 Å². The summed E-state index contributed by atoms with van der Waals surface area (Å²) in [5.74, 6) is 0. The Labute approximate surface area is 72.7 Å². The van der Waals surface area contributed by atoms with Gasteiger partial charge in [0.1, 0.15) is 0 Å². The molecule has 0 aliphatic rings. The summed E-state index contributed by atoms with van der Waals surface area (Å²) in [5.41, 5.74) is 6.46. The van der Waals surface area contributed by atoms with E-state index in [4.69, 9.17) is 5.73 Å². The van der Waals surface area contributed by atoms with E-state index in [2.05, 4.69) is 20.3 Å². The zero-order valence-corrected chi connectivity index (χ0v) is 8.13. The first-order valence-electron chi connectivity index (χ1n) is 3.06. The molecule has 0 unspecified atom stereocenters. The van der Waals surface area contributed by atoms with E-state index in [9.17, 15) is 0 Å². The van der Waals surface area contributed by atoms with Crippen LogP contribution in [-0.4, -0.2) is 10.9 Å². The number of hydrogen-bond donors (Lipinski definition) is 1. The molecule has 0 spiro atoms. The highest BCUT2D eigenvalue weighted by molar-refractivity contribution is 9.10. The Hall–Kier alpha value is 0.0700. The molecule has 2 N–H and O–H groups in total. The van der Waals surface area contributed by atoms with Gasteiger partial charge in [0.05, 0.1) is 10.2 Å². The second-order valence-electron chi connectivity index (χ2n) is 2.04. The van der Waals surface area contributed by atoms with Crippen LogP contribution in [0.15, 0.2) is 4.47 Å². The first-order valence-corrected chi connectivity index (χ1v) is 4.63. The van der Waals surface area contributed by atoms with E-state index in [1.165, 1.54) is 16.4 Å². The van der Waals surface area contributed by atoms with Gasteiger partial charge in [-0.1, -0.05) is 0 Å². The maximum atomic E-state index is 5.40. The van der Waals surface area contributed by atoms with E-state index in [0.29, 0.717) is 6.54 Å². The predicted molar refractivity (Wildman–Crippen MR) is 47.3 cm³/mol. The first-order chi connectivity index (χ1) is 4.75. The molecule has 1 aromatic heterocycles. The van der Waals surface area contributed by atoms with Crippen LogP contribution in [0.2, 0.25) is 0 Å². The molecule has 0 amide bonds. The molecule has 0 aliphatic heterocycles. The number of halogens is 1. The van der Waals surface area contributed by atoms with Crippen LogP contribution in [-0.2, 0) is 6.42 Å². The third kappa shape index (κ3) is 1.56. The van der Waals surface area contributed by atoms with Crippen molar-refractivity contribution in [2.75, 3.05) is 6.54 Å². The Kier molecular flexibility index (Phi) is 2.82. The molecule has 0 aromatic carbocycles. The Bertz CT molecular complexity index is 222. The molecule has 0 atom stereocenters. The minimum Gasteiger partial charge on any atom is -0.330 e. The van der Waals surface area contributed by atoms with E-state index in [0.717, 1.165) is 16.6 Å². The molecule has 0 radical (unpaired) electrons. The quantitative estimate of drug-likeness (QED) is 0.825. The maximum absolute atomic E-state index is 5.40. The summed E-state index contributed by atoms with van der Waals surface area (Å²) in [6.07, 6.45) is 0.923. The molecule has 1 rings (SSSR count). The smallest absolute Gasteiger partial charge is 0.0656 e. The molecular formula is C6H9BrN2S. The predicted octanol–water partition coefficient (Wildman–Crippen LogP) is 1.72. The van der Waals surface area contributed by atoms with Gasteiger partial charge in [0, 0.05) is 4.88 Å². The summed E-state index contributed by atoms with van der Waals surface area (Å²) in [7, 11) is 0. The van der Waals surface area contributed by atoms with Crippen LogP contribution in [0.4, 0.5) is 0 Å². The van der Waals surface area contributed by atoms with Crippen LogP contribution in [0, 0.1) is 6.92 Å². The van der Waals surface area contributed by atoms with Crippen molar-refractivity contribution in [3.8, 4) is 0 Å². The van der Waals surface area contributed by atoms with E-state index >= 15 is 0 Å². The fourth-order valence-electron chi connectivity index (χ4n) is 0.692. The van der Waals surface area contributed by atoms with E-state index in [1.54, 1.807) is 0 Å². The lowest BCUT2D eigenvalue weighted by Gasteiger charge is -1.91. The van der Waals surface area contributed by atoms with Crippen LogP contribution in [0.3, 0.4) is 0 Å². The van der Waals surface area contributed by atoms with Crippen molar-refractivity contribution < 1.29 is 0 Å². The normalized spacial score (nSPS) is 10.3. The minimum atomic E-state index is 0.695. The van der Waals surface area contributed by atoms with E-state index in [1.807, 2.05) is 6.92 Å². The van der Waals surface area contributed by atoms with Gasteiger partial charge in [-0.05, 0) is 47.4 Å². The summed E-state index contributed by atoms with van der Waals surface area (Å²) in [6, 6.07) is 0. The Balaban J connectivity index is 2.83. The van der Waals surface area contributed by atoms with Crippen LogP contribution < -0.4 is 5.73 Å². The lowest BCUT2D eigenvalue weighted by Crippen LogP contribution is -2.01. The zero-order chi connectivity index (χ0) is 7.56. The first kappa shape index (κ1) is 8.17. The van der Waals surface area contributed by atoms with Gasteiger partial charge in [-0.15, -0.1) is 0 Å². The lowest BCUT2D eigenvalue weighted by molar-refractivity contribution is 0.983. The highest BCUT2D eigenvalue weighted by atomic mass is 79.9. The molecule has 56 valence electrons. The highest BCUT2D eigenvalue weighted by Gasteiger charge is 2.04. The Morgan fingerprint density at radius 3 is 2.80 bits per heavy atom. The molecule has 0 saturated carbocycles. The van der Waals surface area contributed by atoms with Crippen LogP contribution in [0.1, 0.15) is 10.6 Å². The average molecular weight is 221 g/mol. The van der Waals surface area contributed by atoms with Crippen LogP contribution in [0.25, 0.3) is 0 Å². The molecular weight excluding hydrogens is 212 g/mol. The van der Waals surface area contributed by atoms with Gasteiger partial charge < -0.3 is 5.73 Å². The number of nitrogens with two attached hydrogens (primary N) is 1. The number of nitrogens with zero attached hydrogens (tertiary/aromatic N) is 1. The van der Waals surface area contributed by atoms with Gasteiger partial charge in [0.25, 0.3) is 0 Å². The van der Waals surface area contributed by atoms with Gasteiger partial charge in [-0.3, -0.25) is 0 Å². The zero-order valence-electron chi connectivity index (χ0n) is 5.72. The third-order valence-corrected chi connectivity index (χ3v) is 3.54. The molecule has 1 heterocycles. The van der Waals surface area contributed by atoms with Crippen molar-refractivity contribution in [1.82, 2.24) is 4.37 Å². The lowest BCUT2D eigenvalue weighted by atomic mass is 10.3. The number of aryl methyl sites for hydroxylation is 1. The fourth-order valence-corrected chi connectivity index (χ4v) is 2.09. The maximum Gasteiger partial charge on any atom is 0.0656 e. The largest absolute Gasteiger partial charge is 0.330 e. The molecule has 0 bridgehead atoms. The summed E-state index contributed by atoms with van der Waals surface area (Å²) < 4.78 is 5.30. The van der Waals surface area contributed by atoms with Crippen LogP contribution in [0.5, 0.6) is 0 Å². The monoisotopic (exact) mass is 220 g/mol. The third-order valence-electron chi connectivity index (χ3n) is 1.23. The fraction of sp³-hybridized carbons (Fsp3) is 0.500. The van der Waals surface area contributed by atoms with E-state index in [-0.39, 0.29) is 0 Å². The minimum absolute atomic E-state index is 0.695. The molecule has 1 aromatic rings. The number of hydrogen-bond acceptors (Lipinski definition) is 3. The van der Waals surface area contributed by atoms with Gasteiger partial charge in [0.15, 0.2) is 0 Å². The molecule has 0 saturated heterocycles. The van der Waals surface area contributed by atoms with Crippen molar-refractivity contribution in [2.45, 2.75) is 13.3 Å². The average Bonchev–Trinajstić information content (AvgIpc) is 2.20.